The Balaban J connectivity index is 1.89. The molecule has 0 fully saturated rings. The Kier molecular flexibility index (Phi) is 7.56. The Morgan fingerprint density at radius 3 is 2.06 bits per heavy atom. The van der Waals surface area contributed by atoms with Crippen molar-refractivity contribution in [2.24, 2.45) is 0 Å². The number of hydrogen-bond donors (Lipinski definition) is 2. The molecule has 1 aromatic heterocycles. The molecule has 6 nitrogen and oxygen atoms in total. The van der Waals surface area contributed by atoms with E-state index in [9.17, 15) is 35.9 Å². The van der Waals surface area contributed by atoms with Crippen LogP contribution in [0.1, 0.15) is 37.4 Å². The summed E-state index contributed by atoms with van der Waals surface area (Å²) in [5.74, 6) is -1.72. The second kappa shape index (κ2) is 10.3. The highest BCUT2D eigenvalue weighted by atomic mass is 19.4. The molecule has 0 aliphatic carbocycles. The van der Waals surface area contributed by atoms with Gasteiger partial charge in [-0.05, 0) is 48.0 Å². The standard InChI is InChI=1S/C24H20F6N4O2/c1-34(2)20-6-5-18(11-19(20)22(36)32-13-14-4-3-7-31-12-14)33-21(35)15-8-16(23(25,26)27)10-17(9-15)24(28,29)30/h3-12H,13H2,1-2H3,(H,32,36)(H,33,35). The van der Waals surface area contributed by atoms with E-state index in [-0.39, 0.29) is 23.9 Å². The first-order valence-electron chi connectivity index (χ1n) is 10.3. The van der Waals surface area contributed by atoms with Crippen LogP contribution in [0.5, 0.6) is 0 Å². The van der Waals surface area contributed by atoms with Crippen molar-refractivity contribution in [3.63, 3.8) is 0 Å². The molecule has 3 rings (SSSR count). The third-order valence-corrected chi connectivity index (χ3v) is 5.01. The van der Waals surface area contributed by atoms with Crippen molar-refractivity contribution in [1.29, 1.82) is 0 Å². The molecule has 0 spiro atoms. The Labute approximate surface area is 201 Å². The summed E-state index contributed by atoms with van der Waals surface area (Å²) in [6.45, 7) is 0.153. The fourth-order valence-corrected chi connectivity index (χ4v) is 3.26. The highest BCUT2D eigenvalue weighted by molar-refractivity contribution is 6.06. The van der Waals surface area contributed by atoms with Gasteiger partial charge in [0.15, 0.2) is 0 Å². The van der Waals surface area contributed by atoms with Crippen LogP contribution in [0.3, 0.4) is 0 Å². The predicted molar refractivity (Wildman–Crippen MR) is 121 cm³/mol. The Bertz CT molecular complexity index is 1230. The average molecular weight is 510 g/mol. The summed E-state index contributed by atoms with van der Waals surface area (Å²) in [7, 11) is 3.35. The monoisotopic (exact) mass is 510 g/mol. The molecule has 3 aromatic rings. The van der Waals surface area contributed by atoms with E-state index in [4.69, 9.17) is 0 Å². The number of benzene rings is 2. The van der Waals surface area contributed by atoms with E-state index in [2.05, 4.69) is 15.6 Å². The zero-order valence-electron chi connectivity index (χ0n) is 19.0. The van der Waals surface area contributed by atoms with Gasteiger partial charge >= 0.3 is 12.4 Å². The van der Waals surface area contributed by atoms with Gasteiger partial charge in [0, 0.05) is 50.0 Å². The summed E-state index contributed by atoms with van der Waals surface area (Å²) in [5, 5.41) is 4.97. The van der Waals surface area contributed by atoms with E-state index in [1.54, 1.807) is 43.5 Å². The first-order valence-corrected chi connectivity index (χ1v) is 10.3. The van der Waals surface area contributed by atoms with Crippen molar-refractivity contribution in [3.8, 4) is 0 Å². The Morgan fingerprint density at radius 1 is 0.889 bits per heavy atom. The van der Waals surface area contributed by atoms with Crippen LogP contribution in [0.25, 0.3) is 0 Å². The van der Waals surface area contributed by atoms with Gasteiger partial charge in [-0.1, -0.05) is 6.07 Å². The average Bonchev–Trinajstić information content (AvgIpc) is 2.81. The number of alkyl halides is 6. The number of pyridine rings is 1. The third kappa shape index (κ3) is 6.52. The number of carbonyl (C=O) groups excluding carboxylic acids is 2. The van der Waals surface area contributed by atoms with E-state index in [0.29, 0.717) is 17.8 Å². The SMILES string of the molecule is CN(C)c1ccc(NC(=O)c2cc(C(F)(F)F)cc(C(F)(F)F)c2)cc1C(=O)NCc1cccnc1. The molecule has 0 aliphatic rings. The maximum Gasteiger partial charge on any atom is 0.416 e. The fraction of sp³-hybridized carbons (Fsp3) is 0.208. The fourth-order valence-electron chi connectivity index (χ4n) is 3.26. The third-order valence-electron chi connectivity index (χ3n) is 5.01. The molecular formula is C24H20F6N4O2. The van der Waals surface area contributed by atoms with E-state index < -0.39 is 40.9 Å². The highest BCUT2D eigenvalue weighted by Gasteiger charge is 2.37. The number of hydrogen-bond acceptors (Lipinski definition) is 4. The van der Waals surface area contributed by atoms with Crippen LogP contribution in [0.2, 0.25) is 0 Å². The summed E-state index contributed by atoms with van der Waals surface area (Å²) in [5.41, 5.74) is -2.73. The van der Waals surface area contributed by atoms with Crippen LogP contribution in [-0.2, 0) is 18.9 Å². The number of anilines is 2. The number of amides is 2. The Morgan fingerprint density at radius 2 is 1.53 bits per heavy atom. The zero-order chi connectivity index (χ0) is 26.7. The first-order chi connectivity index (χ1) is 16.8. The van der Waals surface area contributed by atoms with Crippen molar-refractivity contribution in [1.82, 2.24) is 10.3 Å². The largest absolute Gasteiger partial charge is 0.416 e. The predicted octanol–water partition coefficient (Wildman–Crippen LogP) is 5.37. The number of nitrogens with zero attached hydrogens (tertiary/aromatic N) is 2. The Hall–Kier alpha value is -4.09. The number of nitrogens with one attached hydrogen (secondary N) is 2. The lowest BCUT2D eigenvalue weighted by atomic mass is 10.0. The lowest BCUT2D eigenvalue weighted by Gasteiger charge is -2.19. The topological polar surface area (TPSA) is 74.3 Å². The van der Waals surface area contributed by atoms with Gasteiger partial charge in [-0.15, -0.1) is 0 Å². The second-order valence-corrected chi connectivity index (χ2v) is 7.92. The summed E-state index contributed by atoms with van der Waals surface area (Å²) in [6.07, 6.45) is -7.05. The quantitative estimate of drug-likeness (QED) is 0.438. The summed E-state index contributed by atoms with van der Waals surface area (Å²) < 4.78 is 78.8. The van der Waals surface area contributed by atoms with Crippen LogP contribution < -0.4 is 15.5 Å². The van der Waals surface area contributed by atoms with Crippen LogP contribution in [0.4, 0.5) is 37.7 Å². The summed E-state index contributed by atoms with van der Waals surface area (Å²) >= 11 is 0. The molecule has 0 aliphatic heterocycles. The van der Waals surface area contributed by atoms with Gasteiger partial charge in [-0.3, -0.25) is 14.6 Å². The molecule has 0 saturated carbocycles. The normalized spacial score (nSPS) is 11.7. The maximum atomic E-state index is 13.1. The van der Waals surface area contributed by atoms with Crippen LogP contribution >= 0.6 is 0 Å². The van der Waals surface area contributed by atoms with Gasteiger partial charge in [0.25, 0.3) is 11.8 Å². The minimum atomic E-state index is -5.09. The van der Waals surface area contributed by atoms with Gasteiger partial charge < -0.3 is 15.5 Å². The van der Waals surface area contributed by atoms with Gasteiger partial charge in [0.2, 0.25) is 0 Å². The molecule has 0 atom stereocenters. The van der Waals surface area contributed by atoms with Gasteiger partial charge in [-0.2, -0.15) is 26.3 Å². The lowest BCUT2D eigenvalue weighted by molar-refractivity contribution is -0.143. The summed E-state index contributed by atoms with van der Waals surface area (Å²) in [6, 6.07) is 8.20. The number of rotatable bonds is 6. The smallest absolute Gasteiger partial charge is 0.377 e. The molecule has 36 heavy (non-hydrogen) atoms. The highest BCUT2D eigenvalue weighted by Crippen LogP contribution is 2.36. The molecule has 190 valence electrons. The van der Waals surface area contributed by atoms with E-state index in [1.165, 1.54) is 18.2 Å². The second-order valence-electron chi connectivity index (χ2n) is 7.92. The molecule has 0 bridgehead atoms. The molecule has 2 N–H and O–H groups in total. The first kappa shape index (κ1) is 26.5. The van der Waals surface area contributed by atoms with Gasteiger partial charge in [-0.25, -0.2) is 0 Å². The van der Waals surface area contributed by atoms with E-state index >= 15 is 0 Å². The number of aromatic nitrogens is 1. The molecule has 2 amide bonds. The van der Waals surface area contributed by atoms with Gasteiger partial charge in [0.05, 0.1) is 16.7 Å². The number of carbonyl (C=O) groups is 2. The zero-order valence-corrected chi connectivity index (χ0v) is 19.0. The minimum Gasteiger partial charge on any atom is -0.377 e. The number of halogens is 6. The molecule has 0 unspecified atom stereocenters. The summed E-state index contributed by atoms with van der Waals surface area (Å²) in [4.78, 5) is 31.0. The lowest BCUT2D eigenvalue weighted by Crippen LogP contribution is -2.26. The maximum absolute atomic E-state index is 13.1. The van der Waals surface area contributed by atoms with Crippen molar-refractivity contribution >= 4 is 23.2 Å². The molecule has 0 saturated heterocycles. The minimum absolute atomic E-state index is 0.00287. The van der Waals surface area contributed by atoms with Crippen molar-refractivity contribution in [2.75, 3.05) is 24.3 Å². The molecule has 1 heterocycles. The van der Waals surface area contributed by atoms with Crippen LogP contribution in [-0.4, -0.2) is 30.9 Å². The van der Waals surface area contributed by atoms with Crippen molar-refractivity contribution < 1.29 is 35.9 Å². The molecule has 2 aromatic carbocycles. The van der Waals surface area contributed by atoms with Crippen LogP contribution in [0.15, 0.2) is 60.9 Å². The van der Waals surface area contributed by atoms with E-state index in [1.807, 2.05) is 0 Å². The van der Waals surface area contributed by atoms with Gasteiger partial charge in [0.1, 0.15) is 0 Å². The molecular weight excluding hydrogens is 490 g/mol. The molecule has 0 radical (unpaired) electrons. The molecule has 12 heteroatoms. The van der Waals surface area contributed by atoms with Crippen LogP contribution in [0, 0.1) is 0 Å². The van der Waals surface area contributed by atoms with Crippen molar-refractivity contribution in [3.05, 3.63) is 88.7 Å². The van der Waals surface area contributed by atoms with E-state index in [0.717, 1.165) is 5.56 Å². The van der Waals surface area contributed by atoms with Crippen molar-refractivity contribution in [2.45, 2.75) is 18.9 Å².